The molecule has 158 valence electrons. The number of rotatable bonds is 6. The predicted octanol–water partition coefficient (Wildman–Crippen LogP) is 4.74. The van der Waals surface area contributed by atoms with Crippen LogP contribution in [0.4, 0.5) is 5.69 Å². The Kier molecular flexibility index (Phi) is 6.15. The molecule has 0 aliphatic heterocycles. The van der Waals surface area contributed by atoms with Crippen LogP contribution in [0.3, 0.4) is 0 Å². The van der Waals surface area contributed by atoms with Crippen molar-refractivity contribution >= 4 is 45.7 Å². The monoisotopic (exact) mass is 451 g/mol. The van der Waals surface area contributed by atoms with Crippen molar-refractivity contribution in [3.8, 4) is 0 Å². The highest BCUT2D eigenvalue weighted by Gasteiger charge is 2.15. The molecular weight excluding hydrogens is 430 g/mol. The van der Waals surface area contributed by atoms with Crippen molar-refractivity contribution in [2.45, 2.75) is 25.4 Å². The fourth-order valence-electron chi connectivity index (χ4n) is 3.52. The number of carbonyl (C=O) groups excluding carboxylic acids is 1. The van der Waals surface area contributed by atoms with Crippen LogP contribution in [0.25, 0.3) is 10.8 Å². The topological polar surface area (TPSA) is 85.8 Å². The smallest absolute Gasteiger partial charge is 0.234 e. The van der Waals surface area contributed by atoms with E-state index in [4.69, 9.17) is 17.4 Å². The Morgan fingerprint density at radius 1 is 1.13 bits per heavy atom. The average Bonchev–Trinajstić information content (AvgIpc) is 3.09. The van der Waals surface area contributed by atoms with Crippen molar-refractivity contribution in [1.82, 2.24) is 14.9 Å². The van der Waals surface area contributed by atoms with Gasteiger partial charge in [0.2, 0.25) is 11.1 Å². The van der Waals surface area contributed by atoms with E-state index in [1.165, 1.54) is 21.8 Å². The van der Waals surface area contributed by atoms with Gasteiger partial charge in [-0.1, -0.05) is 71.9 Å². The van der Waals surface area contributed by atoms with Crippen LogP contribution in [0.15, 0.2) is 59.8 Å². The molecule has 1 amide bonds. The maximum atomic E-state index is 12.4. The molecule has 3 aromatic carbocycles. The summed E-state index contributed by atoms with van der Waals surface area (Å²) in [6.07, 6.45) is 0.551. The Morgan fingerprint density at radius 3 is 2.71 bits per heavy atom. The Hall–Kier alpha value is -3.03. The van der Waals surface area contributed by atoms with E-state index in [0.717, 1.165) is 22.1 Å². The van der Waals surface area contributed by atoms with E-state index in [9.17, 15) is 4.79 Å². The maximum absolute atomic E-state index is 12.4. The minimum Gasteiger partial charge on any atom is -0.336 e. The van der Waals surface area contributed by atoms with Crippen LogP contribution in [-0.4, -0.2) is 26.5 Å². The summed E-state index contributed by atoms with van der Waals surface area (Å²) in [6, 6.07) is 18.2. The number of amides is 1. The number of aromatic nitrogens is 3. The number of fused-ring (bicyclic) bond motifs is 1. The van der Waals surface area contributed by atoms with Gasteiger partial charge < -0.3 is 11.2 Å². The number of nitrogen functional groups attached to an aromatic ring is 1. The van der Waals surface area contributed by atoms with Crippen molar-refractivity contribution < 1.29 is 4.79 Å². The molecule has 0 saturated heterocycles. The fraction of sp³-hybridized carbons (Fsp3) is 0.174. The third-order valence-electron chi connectivity index (χ3n) is 4.99. The highest BCUT2D eigenvalue weighted by Crippen LogP contribution is 2.28. The highest BCUT2D eigenvalue weighted by atomic mass is 35.5. The number of anilines is 1. The number of hydrogen-bond donors (Lipinski definition) is 2. The molecule has 31 heavy (non-hydrogen) atoms. The lowest BCUT2D eigenvalue weighted by Gasteiger charge is -2.11. The van der Waals surface area contributed by atoms with E-state index in [2.05, 4.69) is 39.8 Å². The van der Waals surface area contributed by atoms with E-state index in [0.29, 0.717) is 28.1 Å². The lowest BCUT2D eigenvalue weighted by Crippen LogP contribution is -2.18. The van der Waals surface area contributed by atoms with Crippen LogP contribution < -0.4 is 11.2 Å². The second kappa shape index (κ2) is 8.99. The van der Waals surface area contributed by atoms with Crippen molar-refractivity contribution in [2.75, 3.05) is 16.9 Å². The summed E-state index contributed by atoms with van der Waals surface area (Å²) in [4.78, 5) is 12.4. The van der Waals surface area contributed by atoms with Crippen LogP contribution in [0.2, 0.25) is 5.02 Å². The van der Waals surface area contributed by atoms with Crippen LogP contribution in [0, 0.1) is 13.8 Å². The number of hydrogen-bond acceptors (Lipinski definition) is 5. The molecule has 4 aromatic rings. The van der Waals surface area contributed by atoms with E-state index < -0.39 is 0 Å². The fourth-order valence-corrected chi connectivity index (χ4v) is 4.57. The van der Waals surface area contributed by atoms with Gasteiger partial charge in [-0.2, -0.15) is 0 Å². The summed E-state index contributed by atoms with van der Waals surface area (Å²) in [5.41, 5.74) is 3.72. The molecule has 0 aliphatic rings. The number of nitrogens with two attached hydrogens (primary N) is 1. The number of carbonyl (C=O) groups is 1. The standard InChI is InChI=1S/C23H22ClN5OS/c1-14-10-15(2)22(19(24)11-14)26-21(30)13-31-23-28-27-20(29(23)25)12-17-8-5-7-16-6-3-4-9-18(16)17/h3-11H,12-13,25H2,1-2H3,(H,26,30). The summed E-state index contributed by atoms with van der Waals surface area (Å²) >= 11 is 7.51. The number of nitrogens with one attached hydrogen (secondary N) is 1. The van der Waals surface area contributed by atoms with E-state index in [1.807, 2.05) is 44.2 Å². The summed E-state index contributed by atoms with van der Waals surface area (Å²) < 4.78 is 1.45. The zero-order valence-electron chi connectivity index (χ0n) is 17.2. The third-order valence-corrected chi connectivity index (χ3v) is 6.23. The number of aryl methyl sites for hydroxylation is 2. The van der Waals surface area contributed by atoms with Gasteiger partial charge in [-0.25, -0.2) is 4.68 Å². The zero-order chi connectivity index (χ0) is 22.0. The van der Waals surface area contributed by atoms with Crippen molar-refractivity contribution in [3.63, 3.8) is 0 Å². The molecule has 0 unspecified atom stereocenters. The van der Waals surface area contributed by atoms with Gasteiger partial charge in [0.1, 0.15) is 0 Å². The first-order valence-corrected chi connectivity index (χ1v) is 11.1. The molecule has 4 rings (SSSR count). The molecule has 6 nitrogen and oxygen atoms in total. The minimum atomic E-state index is -0.183. The van der Waals surface area contributed by atoms with Gasteiger partial charge in [0.25, 0.3) is 0 Å². The van der Waals surface area contributed by atoms with Crippen LogP contribution in [-0.2, 0) is 11.2 Å². The first-order valence-electron chi connectivity index (χ1n) is 9.78. The van der Waals surface area contributed by atoms with Gasteiger partial charge in [0.05, 0.1) is 16.5 Å². The number of thioether (sulfide) groups is 1. The first kappa shape index (κ1) is 21.2. The van der Waals surface area contributed by atoms with E-state index in [1.54, 1.807) is 0 Å². The van der Waals surface area contributed by atoms with Crippen molar-refractivity contribution in [3.05, 3.63) is 82.1 Å². The maximum Gasteiger partial charge on any atom is 0.234 e. The van der Waals surface area contributed by atoms with Gasteiger partial charge in [-0.05, 0) is 47.4 Å². The van der Waals surface area contributed by atoms with Crippen LogP contribution in [0.5, 0.6) is 0 Å². The molecule has 0 bridgehead atoms. The zero-order valence-corrected chi connectivity index (χ0v) is 18.8. The Bertz CT molecular complexity index is 1240. The largest absolute Gasteiger partial charge is 0.336 e. The molecule has 3 N–H and O–H groups in total. The molecule has 1 heterocycles. The Balaban J connectivity index is 1.44. The highest BCUT2D eigenvalue weighted by molar-refractivity contribution is 7.99. The second-order valence-corrected chi connectivity index (χ2v) is 8.71. The molecule has 1 aromatic heterocycles. The molecule has 8 heteroatoms. The summed E-state index contributed by atoms with van der Waals surface area (Å²) in [7, 11) is 0. The number of halogens is 1. The van der Waals surface area contributed by atoms with Crippen LogP contribution in [0.1, 0.15) is 22.5 Å². The average molecular weight is 452 g/mol. The summed E-state index contributed by atoms with van der Waals surface area (Å²) in [5, 5.41) is 14.6. The third kappa shape index (κ3) is 4.68. The lowest BCUT2D eigenvalue weighted by atomic mass is 10.0. The van der Waals surface area contributed by atoms with Crippen LogP contribution >= 0.6 is 23.4 Å². The summed E-state index contributed by atoms with van der Waals surface area (Å²) in [6.45, 7) is 3.88. The second-order valence-electron chi connectivity index (χ2n) is 7.36. The normalized spacial score (nSPS) is 11.1. The van der Waals surface area contributed by atoms with Gasteiger partial charge in [-0.3, -0.25) is 4.79 Å². The van der Waals surface area contributed by atoms with Crippen molar-refractivity contribution in [1.29, 1.82) is 0 Å². The summed E-state index contributed by atoms with van der Waals surface area (Å²) in [5.74, 6) is 6.82. The quantitative estimate of drug-likeness (QED) is 0.326. The Labute approximate surface area is 189 Å². The molecule has 0 saturated carbocycles. The molecular formula is C23H22ClN5OS. The number of benzene rings is 3. The molecule has 0 spiro atoms. The van der Waals surface area contributed by atoms with Gasteiger partial charge in [-0.15, -0.1) is 10.2 Å². The van der Waals surface area contributed by atoms with E-state index in [-0.39, 0.29) is 11.7 Å². The predicted molar refractivity (Wildman–Crippen MR) is 127 cm³/mol. The number of nitrogens with zero attached hydrogens (tertiary/aromatic N) is 3. The van der Waals surface area contributed by atoms with Gasteiger partial charge in [0.15, 0.2) is 5.82 Å². The van der Waals surface area contributed by atoms with Gasteiger partial charge >= 0.3 is 0 Å². The SMILES string of the molecule is Cc1cc(C)c(NC(=O)CSc2nnc(Cc3cccc4ccccc34)n2N)c(Cl)c1. The molecule has 0 atom stereocenters. The van der Waals surface area contributed by atoms with E-state index >= 15 is 0 Å². The Morgan fingerprint density at radius 2 is 1.90 bits per heavy atom. The lowest BCUT2D eigenvalue weighted by molar-refractivity contribution is -0.113. The first-order chi connectivity index (χ1) is 14.9. The minimum absolute atomic E-state index is 0.146. The molecule has 0 fully saturated rings. The van der Waals surface area contributed by atoms with Crippen molar-refractivity contribution in [2.24, 2.45) is 0 Å². The van der Waals surface area contributed by atoms with Gasteiger partial charge in [0, 0.05) is 6.42 Å². The molecule has 0 aliphatic carbocycles. The molecule has 0 radical (unpaired) electrons.